The van der Waals surface area contributed by atoms with Crippen LogP contribution in [0.5, 0.6) is 0 Å². The molecule has 102 valence electrons. The SMILES string of the molecule is CCCCC(N)C(=O)NCc1nnc2ccccn12. The molecule has 6 heteroatoms. The van der Waals surface area contributed by atoms with Crippen molar-refractivity contribution in [1.82, 2.24) is 19.9 Å². The van der Waals surface area contributed by atoms with E-state index in [1.54, 1.807) is 0 Å². The fraction of sp³-hybridized carbons (Fsp3) is 0.462. The van der Waals surface area contributed by atoms with Gasteiger partial charge in [0.25, 0.3) is 0 Å². The van der Waals surface area contributed by atoms with E-state index in [-0.39, 0.29) is 5.91 Å². The van der Waals surface area contributed by atoms with E-state index in [1.165, 1.54) is 0 Å². The second-order valence-electron chi connectivity index (χ2n) is 4.51. The summed E-state index contributed by atoms with van der Waals surface area (Å²) in [5.41, 5.74) is 6.57. The summed E-state index contributed by atoms with van der Waals surface area (Å²) in [5.74, 6) is 0.563. The van der Waals surface area contributed by atoms with Gasteiger partial charge in [0.1, 0.15) is 0 Å². The fourth-order valence-corrected chi connectivity index (χ4v) is 1.86. The van der Waals surface area contributed by atoms with Crippen LogP contribution >= 0.6 is 0 Å². The van der Waals surface area contributed by atoms with Gasteiger partial charge >= 0.3 is 0 Å². The number of fused-ring (bicyclic) bond motifs is 1. The lowest BCUT2D eigenvalue weighted by atomic mass is 10.1. The number of nitrogens with two attached hydrogens (primary N) is 1. The van der Waals surface area contributed by atoms with E-state index in [2.05, 4.69) is 22.4 Å². The van der Waals surface area contributed by atoms with Gasteiger partial charge in [0.05, 0.1) is 12.6 Å². The standard InChI is InChI=1S/C13H19N5O/c1-2-3-6-10(14)13(19)15-9-12-17-16-11-7-4-5-8-18(11)12/h4-5,7-8,10H,2-3,6,9,14H2,1H3,(H,15,19). The number of nitrogens with one attached hydrogen (secondary N) is 1. The maximum absolute atomic E-state index is 11.8. The van der Waals surface area contributed by atoms with Crippen LogP contribution in [0.3, 0.4) is 0 Å². The van der Waals surface area contributed by atoms with Crippen LogP contribution < -0.4 is 11.1 Å². The second-order valence-corrected chi connectivity index (χ2v) is 4.51. The summed E-state index contributed by atoms with van der Waals surface area (Å²) >= 11 is 0. The van der Waals surface area contributed by atoms with Gasteiger partial charge in [-0.2, -0.15) is 0 Å². The molecule has 0 fully saturated rings. The Bertz CT molecular complexity index is 551. The lowest BCUT2D eigenvalue weighted by molar-refractivity contribution is -0.122. The van der Waals surface area contributed by atoms with E-state index in [0.29, 0.717) is 18.8 Å². The molecule has 1 unspecified atom stereocenters. The number of rotatable bonds is 6. The number of hydrogen-bond acceptors (Lipinski definition) is 4. The monoisotopic (exact) mass is 261 g/mol. The molecule has 1 atom stereocenters. The van der Waals surface area contributed by atoms with Gasteiger partial charge in [-0.05, 0) is 18.6 Å². The van der Waals surface area contributed by atoms with Gasteiger partial charge in [0, 0.05) is 6.20 Å². The van der Waals surface area contributed by atoms with E-state index < -0.39 is 6.04 Å². The lowest BCUT2D eigenvalue weighted by Crippen LogP contribution is -2.40. The van der Waals surface area contributed by atoms with Crippen molar-refractivity contribution in [2.24, 2.45) is 5.73 Å². The van der Waals surface area contributed by atoms with E-state index >= 15 is 0 Å². The summed E-state index contributed by atoms with van der Waals surface area (Å²) in [6, 6.07) is 5.21. The molecule has 0 saturated heterocycles. The first-order valence-corrected chi connectivity index (χ1v) is 6.54. The smallest absolute Gasteiger partial charge is 0.237 e. The minimum atomic E-state index is -0.445. The van der Waals surface area contributed by atoms with Gasteiger partial charge in [-0.15, -0.1) is 10.2 Å². The normalized spacial score (nSPS) is 12.5. The lowest BCUT2D eigenvalue weighted by Gasteiger charge is -2.10. The first kappa shape index (κ1) is 13.5. The Kier molecular flexibility index (Phi) is 4.46. The van der Waals surface area contributed by atoms with E-state index in [4.69, 9.17) is 5.73 Å². The van der Waals surface area contributed by atoms with Gasteiger partial charge in [-0.3, -0.25) is 9.20 Å². The predicted octanol–water partition coefficient (Wildman–Crippen LogP) is 0.863. The number of carbonyl (C=O) groups excluding carboxylic acids is 1. The van der Waals surface area contributed by atoms with Crippen LogP contribution in [0.4, 0.5) is 0 Å². The van der Waals surface area contributed by atoms with Crippen LogP contribution in [-0.2, 0) is 11.3 Å². The number of aromatic nitrogens is 3. The first-order chi connectivity index (χ1) is 9.22. The van der Waals surface area contributed by atoms with Crippen LogP contribution in [0.15, 0.2) is 24.4 Å². The Hall–Kier alpha value is -1.95. The fourth-order valence-electron chi connectivity index (χ4n) is 1.86. The van der Waals surface area contributed by atoms with Gasteiger partial charge in [-0.1, -0.05) is 25.8 Å². The van der Waals surface area contributed by atoms with E-state index in [1.807, 2.05) is 28.8 Å². The van der Waals surface area contributed by atoms with Gasteiger partial charge in [0.2, 0.25) is 5.91 Å². The van der Waals surface area contributed by atoms with Gasteiger partial charge in [-0.25, -0.2) is 0 Å². The number of unbranched alkanes of at least 4 members (excludes halogenated alkanes) is 1. The Labute approximate surface area is 112 Å². The summed E-state index contributed by atoms with van der Waals surface area (Å²) in [6.07, 6.45) is 4.58. The van der Waals surface area contributed by atoms with Crippen LogP contribution in [0.25, 0.3) is 5.65 Å². The molecule has 2 aromatic heterocycles. The Balaban J connectivity index is 1.93. The number of amides is 1. The zero-order chi connectivity index (χ0) is 13.7. The second kappa shape index (κ2) is 6.29. The Morgan fingerprint density at radius 2 is 2.32 bits per heavy atom. The third-order valence-corrected chi connectivity index (χ3v) is 3.01. The third kappa shape index (κ3) is 3.29. The highest BCUT2D eigenvalue weighted by Crippen LogP contribution is 2.03. The number of pyridine rings is 1. The summed E-state index contributed by atoms with van der Waals surface area (Å²) in [7, 11) is 0. The zero-order valence-corrected chi connectivity index (χ0v) is 11.0. The average Bonchev–Trinajstić information content (AvgIpc) is 2.85. The molecule has 3 N–H and O–H groups in total. The molecule has 2 heterocycles. The average molecular weight is 261 g/mol. The van der Waals surface area contributed by atoms with Crippen molar-refractivity contribution < 1.29 is 4.79 Å². The van der Waals surface area contributed by atoms with Gasteiger partial charge < -0.3 is 11.1 Å². The molecule has 0 aromatic carbocycles. The molecule has 0 aliphatic rings. The van der Waals surface area contributed by atoms with Crippen LogP contribution in [0, 0.1) is 0 Å². The molecule has 0 spiro atoms. The Morgan fingerprint density at radius 3 is 3.11 bits per heavy atom. The Morgan fingerprint density at radius 1 is 1.47 bits per heavy atom. The molecule has 0 radical (unpaired) electrons. The zero-order valence-electron chi connectivity index (χ0n) is 11.0. The molecule has 0 aliphatic heterocycles. The summed E-state index contributed by atoms with van der Waals surface area (Å²) in [6.45, 7) is 2.41. The van der Waals surface area contributed by atoms with Crippen molar-refractivity contribution in [1.29, 1.82) is 0 Å². The molecule has 2 aromatic rings. The van der Waals surface area contributed by atoms with E-state index in [9.17, 15) is 4.79 Å². The highest BCUT2D eigenvalue weighted by Gasteiger charge is 2.13. The maximum Gasteiger partial charge on any atom is 0.237 e. The van der Waals surface area contributed by atoms with Crippen molar-refractivity contribution >= 4 is 11.6 Å². The summed E-state index contributed by atoms with van der Waals surface area (Å²) in [4.78, 5) is 11.8. The minimum absolute atomic E-state index is 0.138. The van der Waals surface area contributed by atoms with Crippen molar-refractivity contribution in [3.05, 3.63) is 30.2 Å². The van der Waals surface area contributed by atoms with Crippen LogP contribution in [-0.4, -0.2) is 26.5 Å². The number of hydrogen-bond donors (Lipinski definition) is 2. The molecule has 0 aliphatic carbocycles. The molecule has 0 bridgehead atoms. The van der Waals surface area contributed by atoms with Crippen molar-refractivity contribution in [3.8, 4) is 0 Å². The predicted molar refractivity (Wildman–Crippen MR) is 72.3 cm³/mol. The number of nitrogens with zero attached hydrogens (tertiary/aromatic N) is 3. The van der Waals surface area contributed by atoms with Crippen LogP contribution in [0.1, 0.15) is 32.0 Å². The molecule has 19 heavy (non-hydrogen) atoms. The quantitative estimate of drug-likeness (QED) is 0.807. The molecule has 6 nitrogen and oxygen atoms in total. The van der Waals surface area contributed by atoms with Crippen molar-refractivity contribution in [3.63, 3.8) is 0 Å². The summed E-state index contributed by atoms with van der Waals surface area (Å²) < 4.78 is 1.85. The molecule has 1 amide bonds. The van der Waals surface area contributed by atoms with Gasteiger partial charge in [0.15, 0.2) is 11.5 Å². The first-order valence-electron chi connectivity index (χ1n) is 6.54. The molecular formula is C13H19N5O. The van der Waals surface area contributed by atoms with Crippen LogP contribution in [0.2, 0.25) is 0 Å². The maximum atomic E-state index is 11.8. The van der Waals surface area contributed by atoms with E-state index in [0.717, 1.165) is 18.5 Å². The molecular weight excluding hydrogens is 242 g/mol. The third-order valence-electron chi connectivity index (χ3n) is 3.01. The highest BCUT2D eigenvalue weighted by molar-refractivity contribution is 5.81. The molecule has 2 rings (SSSR count). The molecule has 0 saturated carbocycles. The largest absolute Gasteiger partial charge is 0.347 e. The van der Waals surface area contributed by atoms with Crippen molar-refractivity contribution in [2.45, 2.75) is 38.8 Å². The minimum Gasteiger partial charge on any atom is -0.347 e. The summed E-state index contributed by atoms with van der Waals surface area (Å²) in [5, 5.41) is 10.9. The number of carbonyl (C=O) groups is 1. The highest BCUT2D eigenvalue weighted by atomic mass is 16.2. The van der Waals surface area contributed by atoms with Crippen molar-refractivity contribution in [2.75, 3.05) is 0 Å². The topological polar surface area (TPSA) is 85.3 Å².